The Morgan fingerprint density at radius 1 is 0.743 bits per heavy atom. The van der Waals surface area contributed by atoms with E-state index in [4.69, 9.17) is 0 Å². The molecule has 35 heavy (non-hydrogen) atoms. The maximum absolute atomic E-state index is 12.1. The Morgan fingerprint density at radius 3 is 2.06 bits per heavy atom. The molecule has 0 radical (unpaired) electrons. The van der Waals surface area contributed by atoms with Gasteiger partial charge in [-0.1, -0.05) is 91.0 Å². The fourth-order valence-electron chi connectivity index (χ4n) is 4.03. The van der Waals surface area contributed by atoms with Gasteiger partial charge in [0.15, 0.2) is 0 Å². The monoisotopic (exact) mass is 483 g/mol. The quantitative estimate of drug-likeness (QED) is 0.203. The van der Waals surface area contributed by atoms with Crippen molar-refractivity contribution in [2.24, 2.45) is 0 Å². The lowest BCUT2D eigenvalue weighted by Gasteiger charge is -2.12. The highest BCUT2D eigenvalue weighted by Gasteiger charge is 2.16. The van der Waals surface area contributed by atoms with Crippen molar-refractivity contribution in [1.29, 1.82) is 0 Å². The summed E-state index contributed by atoms with van der Waals surface area (Å²) in [4.78, 5) is -0.0356. The second kappa shape index (κ2) is 11.2. The first-order valence-corrected chi connectivity index (χ1v) is 13.0. The fraction of sp³-hybridized carbons (Fsp3) is 0.133. The van der Waals surface area contributed by atoms with Crippen molar-refractivity contribution < 1.29 is 13.0 Å². The van der Waals surface area contributed by atoms with Gasteiger partial charge in [0.1, 0.15) is 0 Å². The lowest BCUT2D eigenvalue weighted by molar-refractivity contribution is 0.482. The Labute approximate surface area is 207 Å². The molecule has 0 unspecified atom stereocenters. The van der Waals surface area contributed by atoms with Crippen LogP contribution in [0.15, 0.2) is 102 Å². The normalized spacial score (nSPS) is 11.6. The van der Waals surface area contributed by atoms with Crippen LogP contribution in [0.4, 0.5) is 5.69 Å². The molecule has 0 bridgehead atoms. The van der Waals surface area contributed by atoms with Gasteiger partial charge in [-0.15, -0.1) is 0 Å². The van der Waals surface area contributed by atoms with E-state index < -0.39 is 10.1 Å². The van der Waals surface area contributed by atoms with Crippen LogP contribution in [0.3, 0.4) is 0 Å². The Balaban J connectivity index is 1.46. The molecule has 4 aromatic carbocycles. The molecule has 4 aromatic rings. The second-order valence-corrected chi connectivity index (χ2v) is 9.96. The Kier molecular flexibility index (Phi) is 7.80. The van der Waals surface area contributed by atoms with Crippen molar-refractivity contribution in [3.05, 3.63) is 130 Å². The van der Waals surface area contributed by atoms with Gasteiger partial charge in [0.25, 0.3) is 10.1 Å². The highest BCUT2D eigenvalue weighted by Crippen LogP contribution is 2.23. The topological polar surface area (TPSA) is 66.4 Å². The highest BCUT2D eigenvalue weighted by atomic mass is 32.2. The number of benzene rings is 4. The van der Waals surface area contributed by atoms with Crippen molar-refractivity contribution in [3.8, 4) is 0 Å². The van der Waals surface area contributed by atoms with E-state index in [1.807, 2.05) is 72.8 Å². The van der Waals surface area contributed by atoms with Crippen LogP contribution in [-0.4, -0.2) is 13.0 Å². The van der Waals surface area contributed by atoms with Crippen LogP contribution in [0.5, 0.6) is 0 Å². The molecule has 0 saturated heterocycles. The smallest absolute Gasteiger partial charge is 0.294 e. The number of aryl methyl sites for hydroxylation is 3. The van der Waals surface area contributed by atoms with E-state index in [0.29, 0.717) is 18.4 Å². The first-order chi connectivity index (χ1) is 16.9. The summed E-state index contributed by atoms with van der Waals surface area (Å²) < 4.78 is 34.1. The van der Waals surface area contributed by atoms with Crippen LogP contribution in [0.2, 0.25) is 0 Å². The second-order valence-electron chi connectivity index (χ2n) is 8.57. The molecule has 0 aliphatic rings. The zero-order chi connectivity index (χ0) is 24.7. The van der Waals surface area contributed by atoms with E-state index in [1.165, 1.54) is 11.6 Å². The Hall–Kier alpha value is -3.67. The van der Waals surface area contributed by atoms with Crippen LogP contribution >= 0.6 is 0 Å². The molecular formula is C30H29NO3S. The van der Waals surface area contributed by atoms with Crippen molar-refractivity contribution in [2.75, 3.05) is 5.32 Å². The van der Waals surface area contributed by atoms with E-state index in [1.54, 1.807) is 6.07 Å². The molecule has 0 fully saturated rings. The Morgan fingerprint density at radius 2 is 1.37 bits per heavy atom. The van der Waals surface area contributed by atoms with Gasteiger partial charge < -0.3 is 5.32 Å². The largest absolute Gasteiger partial charge is 0.381 e. The summed E-state index contributed by atoms with van der Waals surface area (Å²) in [7, 11) is -4.34. The summed E-state index contributed by atoms with van der Waals surface area (Å²) in [5, 5.41) is 3.44. The van der Waals surface area contributed by atoms with Crippen molar-refractivity contribution >= 4 is 28.0 Å². The van der Waals surface area contributed by atoms with Gasteiger partial charge in [-0.05, 0) is 71.3 Å². The first kappa shape index (κ1) is 24.5. The predicted octanol–water partition coefficient (Wildman–Crippen LogP) is 6.81. The standard InChI is InChI=1S/C30H29NO3S/c1-23-20-29(31-22-26-10-6-3-7-11-26)19-18-27(23)16-17-28-15-14-25(21-30(28)35(32,33)34)13-12-24-8-4-2-5-9-24/h2-15,18-21,31H,16-17,22H2,1H3,(H,32,33,34)/b13-12+. The fourth-order valence-corrected chi connectivity index (χ4v) is 4.82. The van der Waals surface area contributed by atoms with E-state index in [-0.39, 0.29) is 4.90 Å². The van der Waals surface area contributed by atoms with Gasteiger partial charge >= 0.3 is 0 Å². The molecule has 5 heteroatoms. The van der Waals surface area contributed by atoms with E-state index >= 15 is 0 Å². The van der Waals surface area contributed by atoms with Gasteiger partial charge in [0.2, 0.25) is 0 Å². The summed E-state index contributed by atoms with van der Waals surface area (Å²) in [6.07, 6.45) is 4.95. The number of hydrogen-bond acceptors (Lipinski definition) is 3. The molecule has 0 saturated carbocycles. The molecule has 0 aliphatic carbocycles. The predicted molar refractivity (Wildman–Crippen MR) is 144 cm³/mol. The number of anilines is 1. The lowest BCUT2D eigenvalue weighted by atomic mass is 9.99. The first-order valence-electron chi connectivity index (χ1n) is 11.6. The number of nitrogens with one attached hydrogen (secondary N) is 1. The third-order valence-electron chi connectivity index (χ3n) is 5.98. The molecule has 2 N–H and O–H groups in total. The van der Waals surface area contributed by atoms with E-state index in [2.05, 4.69) is 36.5 Å². The highest BCUT2D eigenvalue weighted by molar-refractivity contribution is 7.85. The molecule has 0 atom stereocenters. The van der Waals surface area contributed by atoms with Gasteiger partial charge in [0.05, 0.1) is 4.90 Å². The minimum atomic E-state index is -4.34. The average Bonchev–Trinajstić information content (AvgIpc) is 2.86. The minimum Gasteiger partial charge on any atom is -0.381 e. The molecule has 0 spiro atoms. The molecule has 0 aromatic heterocycles. The van der Waals surface area contributed by atoms with Gasteiger partial charge in [-0.3, -0.25) is 4.55 Å². The van der Waals surface area contributed by atoms with Crippen molar-refractivity contribution in [1.82, 2.24) is 0 Å². The van der Waals surface area contributed by atoms with Crippen LogP contribution in [0, 0.1) is 6.92 Å². The van der Waals surface area contributed by atoms with Crippen LogP contribution in [0.25, 0.3) is 12.2 Å². The molecule has 4 nitrogen and oxygen atoms in total. The summed E-state index contributed by atoms with van der Waals surface area (Å²) in [5.41, 5.74) is 6.88. The van der Waals surface area contributed by atoms with Crippen molar-refractivity contribution in [2.45, 2.75) is 31.2 Å². The maximum atomic E-state index is 12.1. The van der Waals surface area contributed by atoms with Gasteiger partial charge in [0, 0.05) is 12.2 Å². The van der Waals surface area contributed by atoms with Crippen LogP contribution in [-0.2, 0) is 29.5 Å². The van der Waals surface area contributed by atoms with E-state index in [0.717, 1.165) is 34.5 Å². The third kappa shape index (κ3) is 6.92. The minimum absolute atomic E-state index is 0.0356. The molecule has 0 aliphatic heterocycles. The van der Waals surface area contributed by atoms with Gasteiger partial charge in [-0.25, -0.2) is 0 Å². The zero-order valence-corrected chi connectivity index (χ0v) is 20.5. The summed E-state index contributed by atoms with van der Waals surface area (Å²) in [6, 6.07) is 31.4. The van der Waals surface area contributed by atoms with Gasteiger partial charge in [-0.2, -0.15) is 8.42 Å². The average molecular weight is 484 g/mol. The van der Waals surface area contributed by atoms with Crippen LogP contribution in [0.1, 0.15) is 33.4 Å². The molecule has 4 rings (SSSR count). The molecule has 0 amide bonds. The lowest BCUT2D eigenvalue weighted by Crippen LogP contribution is -2.06. The zero-order valence-electron chi connectivity index (χ0n) is 19.7. The molecule has 0 heterocycles. The van der Waals surface area contributed by atoms with Crippen molar-refractivity contribution in [3.63, 3.8) is 0 Å². The summed E-state index contributed by atoms with van der Waals surface area (Å²) in [5.74, 6) is 0. The summed E-state index contributed by atoms with van der Waals surface area (Å²) in [6.45, 7) is 2.81. The Bertz CT molecular complexity index is 1410. The summed E-state index contributed by atoms with van der Waals surface area (Å²) >= 11 is 0. The number of hydrogen-bond donors (Lipinski definition) is 2. The molecule has 178 valence electrons. The molecular weight excluding hydrogens is 454 g/mol. The third-order valence-corrected chi connectivity index (χ3v) is 6.92. The SMILES string of the molecule is Cc1cc(NCc2ccccc2)ccc1CCc1ccc(/C=C/c2ccccc2)cc1S(=O)(=O)O. The maximum Gasteiger partial charge on any atom is 0.294 e. The number of rotatable bonds is 9. The van der Waals surface area contributed by atoms with E-state index in [9.17, 15) is 13.0 Å². The van der Waals surface area contributed by atoms with Crippen LogP contribution < -0.4 is 5.32 Å².